The maximum absolute atomic E-state index is 10.1. The van der Waals surface area contributed by atoms with Crippen LogP contribution in [-0.2, 0) is 0 Å². The Morgan fingerprint density at radius 1 is 1.19 bits per heavy atom. The van der Waals surface area contributed by atoms with Gasteiger partial charge in [-0.15, -0.1) is 11.3 Å². The number of aliphatic hydroxyl groups is 1. The summed E-state index contributed by atoms with van der Waals surface area (Å²) in [6, 6.07) is 10.4. The molecule has 2 N–H and O–H groups in total. The lowest BCUT2D eigenvalue weighted by atomic mass is 10.1. The molecule has 2 rings (SSSR count). The van der Waals surface area contributed by atoms with Crippen LogP contribution in [0, 0.1) is 13.8 Å². The first-order chi connectivity index (χ1) is 10.1. The number of ether oxygens (including phenoxy) is 1. The lowest BCUT2D eigenvalue weighted by Gasteiger charge is -2.18. The molecule has 4 heteroatoms. The van der Waals surface area contributed by atoms with Crippen molar-refractivity contribution in [2.75, 3.05) is 13.2 Å². The predicted octanol–water partition coefficient (Wildman–Crippen LogP) is 3.46. The van der Waals surface area contributed by atoms with E-state index in [-0.39, 0.29) is 6.04 Å². The van der Waals surface area contributed by atoms with E-state index in [1.54, 1.807) is 11.3 Å². The van der Waals surface area contributed by atoms with E-state index >= 15 is 0 Å². The molecular weight excluding hydrogens is 282 g/mol. The number of hydrogen-bond acceptors (Lipinski definition) is 4. The second-order valence-electron chi connectivity index (χ2n) is 5.33. The lowest BCUT2D eigenvalue weighted by Crippen LogP contribution is -2.32. The van der Waals surface area contributed by atoms with Gasteiger partial charge in [-0.05, 0) is 43.3 Å². The highest BCUT2D eigenvalue weighted by Gasteiger charge is 2.11. The third-order valence-electron chi connectivity index (χ3n) is 3.46. The molecule has 0 saturated heterocycles. The Morgan fingerprint density at radius 2 is 1.90 bits per heavy atom. The smallest absolute Gasteiger partial charge is 0.125 e. The van der Waals surface area contributed by atoms with Crippen molar-refractivity contribution in [3.63, 3.8) is 0 Å². The number of thiophene rings is 1. The summed E-state index contributed by atoms with van der Waals surface area (Å²) in [4.78, 5) is 1.28. The minimum absolute atomic E-state index is 0.250. The van der Waals surface area contributed by atoms with Crippen molar-refractivity contribution in [3.8, 4) is 5.75 Å². The van der Waals surface area contributed by atoms with Crippen molar-refractivity contribution < 1.29 is 9.84 Å². The van der Waals surface area contributed by atoms with Gasteiger partial charge in [-0.25, -0.2) is 0 Å². The van der Waals surface area contributed by atoms with Gasteiger partial charge in [0.05, 0.1) is 0 Å². The highest BCUT2D eigenvalue weighted by atomic mass is 32.1. The van der Waals surface area contributed by atoms with Crippen LogP contribution in [0.3, 0.4) is 0 Å². The van der Waals surface area contributed by atoms with Gasteiger partial charge in [-0.2, -0.15) is 0 Å². The van der Waals surface area contributed by atoms with Crippen LogP contribution in [0.2, 0.25) is 0 Å². The second-order valence-corrected chi connectivity index (χ2v) is 6.31. The van der Waals surface area contributed by atoms with Crippen LogP contribution in [0.25, 0.3) is 0 Å². The van der Waals surface area contributed by atoms with E-state index < -0.39 is 6.10 Å². The van der Waals surface area contributed by atoms with Gasteiger partial charge >= 0.3 is 0 Å². The Hall–Kier alpha value is -1.36. The molecule has 1 aromatic carbocycles. The van der Waals surface area contributed by atoms with Gasteiger partial charge in [0.25, 0.3) is 0 Å². The summed E-state index contributed by atoms with van der Waals surface area (Å²) < 4.78 is 5.76. The molecule has 0 radical (unpaired) electrons. The normalized spacial score (nSPS) is 13.9. The summed E-state index contributed by atoms with van der Waals surface area (Å²) in [5, 5.41) is 15.4. The summed E-state index contributed by atoms with van der Waals surface area (Å²) in [7, 11) is 0. The molecule has 2 aromatic rings. The van der Waals surface area contributed by atoms with Crippen molar-refractivity contribution in [2.45, 2.75) is 32.9 Å². The number of hydrogen-bond donors (Lipinski definition) is 2. The second kappa shape index (κ2) is 7.59. The van der Waals surface area contributed by atoms with Crippen LogP contribution in [0.1, 0.15) is 29.0 Å². The molecule has 21 heavy (non-hydrogen) atoms. The number of para-hydroxylation sites is 1. The fourth-order valence-electron chi connectivity index (χ4n) is 2.22. The molecule has 1 heterocycles. The van der Waals surface area contributed by atoms with E-state index in [0.717, 1.165) is 16.9 Å². The van der Waals surface area contributed by atoms with Crippen molar-refractivity contribution >= 4 is 11.3 Å². The molecule has 0 fully saturated rings. The largest absolute Gasteiger partial charge is 0.490 e. The Kier molecular flexibility index (Phi) is 5.79. The molecule has 0 bridgehead atoms. The zero-order valence-electron chi connectivity index (χ0n) is 12.8. The number of aliphatic hydroxyl groups excluding tert-OH is 1. The molecule has 0 aliphatic heterocycles. The Bertz CT molecular complexity index is 534. The van der Waals surface area contributed by atoms with Crippen LogP contribution < -0.4 is 10.1 Å². The number of aryl methyl sites for hydroxylation is 2. The molecule has 0 saturated carbocycles. The Morgan fingerprint density at radius 3 is 2.52 bits per heavy atom. The predicted molar refractivity (Wildman–Crippen MR) is 88.2 cm³/mol. The number of benzene rings is 1. The average Bonchev–Trinajstić information content (AvgIpc) is 2.98. The third-order valence-corrected chi connectivity index (χ3v) is 4.51. The van der Waals surface area contributed by atoms with Crippen molar-refractivity contribution in [1.82, 2.24) is 5.32 Å². The van der Waals surface area contributed by atoms with Gasteiger partial charge in [0.2, 0.25) is 0 Å². The molecule has 2 unspecified atom stereocenters. The van der Waals surface area contributed by atoms with Crippen LogP contribution in [-0.4, -0.2) is 24.4 Å². The van der Waals surface area contributed by atoms with E-state index in [2.05, 4.69) is 23.7 Å². The van der Waals surface area contributed by atoms with Gasteiger partial charge < -0.3 is 15.2 Å². The van der Waals surface area contributed by atoms with Crippen LogP contribution in [0.15, 0.2) is 35.7 Å². The maximum Gasteiger partial charge on any atom is 0.125 e. The monoisotopic (exact) mass is 305 g/mol. The van der Waals surface area contributed by atoms with Crippen molar-refractivity contribution in [1.29, 1.82) is 0 Å². The summed E-state index contributed by atoms with van der Waals surface area (Å²) >= 11 is 1.72. The van der Waals surface area contributed by atoms with E-state index in [9.17, 15) is 5.11 Å². The molecule has 0 amide bonds. The average molecular weight is 305 g/mol. The Labute approximate surface area is 130 Å². The van der Waals surface area contributed by atoms with Gasteiger partial charge in [-0.1, -0.05) is 24.3 Å². The number of rotatable bonds is 7. The molecule has 3 nitrogen and oxygen atoms in total. The zero-order valence-corrected chi connectivity index (χ0v) is 13.6. The summed E-state index contributed by atoms with van der Waals surface area (Å²) in [6.07, 6.45) is -0.522. The third kappa shape index (κ3) is 4.56. The van der Waals surface area contributed by atoms with E-state index in [1.807, 2.05) is 38.1 Å². The molecule has 1 aromatic heterocycles. The van der Waals surface area contributed by atoms with Crippen LogP contribution in [0.5, 0.6) is 5.75 Å². The topological polar surface area (TPSA) is 41.5 Å². The van der Waals surface area contributed by atoms with Crippen molar-refractivity contribution in [2.24, 2.45) is 0 Å². The first-order valence-corrected chi connectivity index (χ1v) is 8.09. The van der Waals surface area contributed by atoms with Crippen LogP contribution in [0.4, 0.5) is 0 Å². The molecule has 2 atom stereocenters. The summed E-state index contributed by atoms with van der Waals surface area (Å²) in [5.74, 6) is 0.878. The minimum Gasteiger partial charge on any atom is -0.490 e. The van der Waals surface area contributed by atoms with Gasteiger partial charge in [-0.3, -0.25) is 0 Å². The molecule has 0 spiro atoms. The molecule has 0 aliphatic carbocycles. The maximum atomic E-state index is 10.1. The number of nitrogens with one attached hydrogen (secondary N) is 1. The summed E-state index contributed by atoms with van der Waals surface area (Å²) in [5.41, 5.74) is 2.20. The highest BCUT2D eigenvalue weighted by Crippen LogP contribution is 2.22. The highest BCUT2D eigenvalue weighted by molar-refractivity contribution is 7.10. The Balaban J connectivity index is 1.78. The van der Waals surface area contributed by atoms with E-state index in [0.29, 0.717) is 13.2 Å². The fraction of sp³-hybridized carbons (Fsp3) is 0.412. The molecule has 114 valence electrons. The first kappa shape index (κ1) is 16.0. The SMILES string of the molecule is Cc1cccc(C)c1OCC(O)CNC(C)c1cccs1. The molecule has 0 aliphatic rings. The van der Waals surface area contributed by atoms with Gasteiger partial charge in [0, 0.05) is 17.5 Å². The van der Waals surface area contributed by atoms with E-state index in [1.165, 1.54) is 4.88 Å². The van der Waals surface area contributed by atoms with Crippen molar-refractivity contribution in [3.05, 3.63) is 51.7 Å². The van der Waals surface area contributed by atoms with Gasteiger partial charge in [0.15, 0.2) is 0 Å². The lowest BCUT2D eigenvalue weighted by molar-refractivity contribution is 0.103. The van der Waals surface area contributed by atoms with Gasteiger partial charge in [0.1, 0.15) is 18.5 Å². The standard InChI is InChI=1S/C17H23NO2S/c1-12-6-4-7-13(2)17(12)20-11-15(19)10-18-14(3)16-8-5-9-21-16/h4-9,14-15,18-19H,10-11H2,1-3H3. The fourth-order valence-corrected chi connectivity index (χ4v) is 2.98. The quantitative estimate of drug-likeness (QED) is 0.823. The summed E-state index contributed by atoms with van der Waals surface area (Å²) in [6.45, 7) is 6.96. The zero-order chi connectivity index (χ0) is 15.2. The first-order valence-electron chi connectivity index (χ1n) is 7.21. The minimum atomic E-state index is -0.522. The van der Waals surface area contributed by atoms with Crippen LogP contribution >= 0.6 is 11.3 Å². The molecular formula is C17H23NO2S. The van der Waals surface area contributed by atoms with E-state index in [4.69, 9.17) is 4.74 Å².